The van der Waals surface area contributed by atoms with Crippen LogP contribution >= 0.6 is 0 Å². The first-order valence-corrected chi connectivity index (χ1v) is 3.88. The molecule has 0 saturated carbocycles. The van der Waals surface area contributed by atoms with Crippen molar-refractivity contribution < 1.29 is 9.84 Å². The highest BCUT2D eigenvalue weighted by Gasteiger charge is 2.32. The van der Waals surface area contributed by atoms with Crippen LogP contribution < -0.4 is 0 Å². The molecule has 1 aliphatic heterocycles. The molecule has 60 valence electrons. The van der Waals surface area contributed by atoms with Crippen molar-refractivity contribution in [3.8, 4) is 0 Å². The molecule has 1 rings (SSSR count). The summed E-state index contributed by atoms with van der Waals surface area (Å²) >= 11 is 0. The fourth-order valence-electron chi connectivity index (χ4n) is 1.15. The predicted octanol–water partition coefficient (Wildman–Crippen LogP) is 1.18. The van der Waals surface area contributed by atoms with Gasteiger partial charge in [-0.25, -0.2) is 0 Å². The smallest absolute Gasteiger partial charge is 0.0542 e. The summed E-state index contributed by atoms with van der Waals surface area (Å²) in [6.07, 6.45) is 1.84. The normalized spacial score (nSPS) is 25.5. The Kier molecular flexibility index (Phi) is 2.32. The maximum absolute atomic E-state index is 8.99. The molecule has 0 aromatic carbocycles. The second kappa shape index (κ2) is 2.89. The third-order valence-corrected chi connectivity index (χ3v) is 2.07. The molecular weight excluding hydrogens is 128 g/mol. The lowest BCUT2D eigenvalue weighted by Crippen LogP contribution is -2.40. The molecule has 0 aromatic rings. The van der Waals surface area contributed by atoms with Crippen molar-refractivity contribution in [3.63, 3.8) is 0 Å². The minimum absolute atomic E-state index is 0.155. The molecule has 0 aromatic heterocycles. The van der Waals surface area contributed by atoms with E-state index in [1.54, 1.807) is 0 Å². The summed E-state index contributed by atoms with van der Waals surface area (Å²) in [5.41, 5.74) is 0.372. The Hall–Kier alpha value is -0.0800. The number of aliphatic hydroxyl groups excluding tert-OH is 1. The van der Waals surface area contributed by atoms with Crippen molar-refractivity contribution in [1.82, 2.24) is 0 Å². The zero-order valence-electron chi connectivity index (χ0n) is 6.76. The number of rotatable bonds is 3. The van der Waals surface area contributed by atoms with Crippen LogP contribution in [0.4, 0.5) is 0 Å². The van der Waals surface area contributed by atoms with Crippen LogP contribution in [-0.4, -0.2) is 24.4 Å². The van der Waals surface area contributed by atoms with Gasteiger partial charge in [-0.15, -0.1) is 0 Å². The molecule has 2 heteroatoms. The molecule has 10 heavy (non-hydrogen) atoms. The van der Waals surface area contributed by atoms with Gasteiger partial charge in [0.25, 0.3) is 0 Å². The highest BCUT2D eigenvalue weighted by molar-refractivity contribution is 4.80. The van der Waals surface area contributed by atoms with Gasteiger partial charge in [0.2, 0.25) is 0 Å². The SMILES string of the molecule is C[C@@H](O)CCC1(C)COC1. The molecule has 1 aliphatic rings. The van der Waals surface area contributed by atoms with E-state index in [1.165, 1.54) is 0 Å². The summed E-state index contributed by atoms with van der Waals surface area (Å²) in [6, 6.07) is 0. The molecule has 0 bridgehead atoms. The molecule has 1 saturated heterocycles. The van der Waals surface area contributed by atoms with Crippen molar-refractivity contribution >= 4 is 0 Å². The van der Waals surface area contributed by atoms with E-state index in [4.69, 9.17) is 9.84 Å². The Balaban J connectivity index is 2.12. The summed E-state index contributed by atoms with van der Waals surface area (Å²) < 4.78 is 5.09. The standard InChI is InChI=1S/C8H16O2/c1-7(9)3-4-8(2)5-10-6-8/h7,9H,3-6H2,1-2H3/t7-/m1/s1. The highest BCUT2D eigenvalue weighted by Crippen LogP contribution is 2.32. The van der Waals surface area contributed by atoms with Gasteiger partial charge in [0, 0.05) is 5.41 Å². The summed E-state index contributed by atoms with van der Waals surface area (Å²) in [4.78, 5) is 0. The topological polar surface area (TPSA) is 29.5 Å². The monoisotopic (exact) mass is 144 g/mol. The van der Waals surface area contributed by atoms with Crippen LogP contribution in [0, 0.1) is 5.41 Å². The molecule has 0 radical (unpaired) electrons. The van der Waals surface area contributed by atoms with Gasteiger partial charge >= 0.3 is 0 Å². The van der Waals surface area contributed by atoms with E-state index in [-0.39, 0.29) is 6.10 Å². The Bertz CT molecular complexity index is 106. The molecule has 1 N–H and O–H groups in total. The van der Waals surface area contributed by atoms with Crippen molar-refractivity contribution in [1.29, 1.82) is 0 Å². The lowest BCUT2D eigenvalue weighted by atomic mass is 9.83. The van der Waals surface area contributed by atoms with Crippen LogP contribution in [0.1, 0.15) is 26.7 Å². The lowest BCUT2D eigenvalue weighted by molar-refractivity contribution is -0.109. The van der Waals surface area contributed by atoms with Gasteiger partial charge < -0.3 is 9.84 Å². The summed E-state index contributed by atoms with van der Waals surface area (Å²) in [7, 11) is 0. The average molecular weight is 144 g/mol. The second-order valence-electron chi connectivity index (χ2n) is 3.69. The quantitative estimate of drug-likeness (QED) is 0.644. The van der Waals surface area contributed by atoms with Gasteiger partial charge in [-0.1, -0.05) is 6.92 Å². The molecule has 1 atom stereocenters. The Morgan fingerprint density at radius 3 is 2.50 bits per heavy atom. The van der Waals surface area contributed by atoms with Crippen molar-refractivity contribution in [2.24, 2.45) is 5.41 Å². The van der Waals surface area contributed by atoms with Gasteiger partial charge in [-0.05, 0) is 19.8 Å². The van der Waals surface area contributed by atoms with Gasteiger partial charge in [-0.2, -0.15) is 0 Å². The van der Waals surface area contributed by atoms with Crippen LogP contribution in [0.2, 0.25) is 0 Å². The third-order valence-electron chi connectivity index (χ3n) is 2.07. The van der Waals surface area contributed by atoms with Crippen molar-refractivity contribution in [2.75, 3.05) is 13.2 Å². The Morgan fingerprint density at radius 1 is 1.60 bits per heavy atom. The van der Waals surface area contributed by atoms with Crippen LogP contribution in [0.3, 0.4) is 0 Å². The van der Waals surface area contributed by atoms with Gasteiger partial charge in [0.1, 0.15) is 0 Å². The second-order valence-corrected chi connectivity index (χ2v) is 3.69. The summed E-state index contributed by atoms with van der Waals surface area (Å²) in [5.74, 6) is 0. The molecule has 2 nitrogen and oxygen atoms in total. The fraction of sp³-hybridized carbons (Fsp3) is 1.00. The minimum atomic E-state index is -0.155. The van der Waals surface area contributed by atoms with E-state index >= 15 is 0 Å². The van der Waals surface area contributed by atoms with Crippen LogP contribution in [0.25, 0.3) is 0 Å². The zero-order valence-corrected chi connectivity index (χ0v) is 6.76. The first-order chi connectivity index (χ1) is 4.62. The number of hydrogen-bond acceptors (Lipinski definition) is 2. The lowest BCUT2D eigenvalue weighted by Gasteiger charge is -2.38. The first kappa shape index (κ1) is 8.02. The van der Waals surface area contributed by atoms with E-state index in [0.29, 0.717) is 5.41 Å². The fourth-order valence-corrected chi connectivity index (χ4v) is 1.15. The minimum Gasteiger partial charge on any atom is -0.393 e. The van der Waals surface area contributed by atoms with E-state index < -0.39 is 0 Å². The molecular formula is C8H16O2. The molecule has 1 fully saturated rings. The summed E-state index contributed by atoms with van der Waals surface area (Å²) in [5, 5.41) is 8.99. The summed E-state index contributed by atoms with van der Waals surface area (Å²) in [6.45, 7) is 5.79. The molecule has 1 heterocycles. The van der Waals surface area contributed by atoms with Crippen molar-refractivity contribution in [2.45, 2.75) is 32.8 Å². The van der Waals surface area contributed by atoms with Crippen LogP contribution in [0.5, 0.6) is 0 Å². The maximum atomic E-state index is 8.99. The van der Waals surface area contributed by atoms with E-state index in [2.05, 4.69) is 6.92 Å². The first-order valence-electron chi connectivity index (χ1n) is 3.88. The molecule has 0 aliphatic carbocycles. The highest BCUT2D eigenvalue weighted by atomic mass is 16.5. The molecule has 0 unspecified atom stereocenters. The predicted molar refractivity (Wildman–Crippen MR) is 39.8 cm³/mol. The number of hydrogen-bond donors (Lipinski definition) is 1. The average Bonchev–Trinajstić information content (AvgIpc) is 1.79. The zero-order chi connectivity index (χ0) is 7.61. The van der Waals surface area contributed by atoms with Gasteiger partial charge in [0.05, 0.1) is 19.3 Å². The third kappa shape index (κ3) is 1.96. The van der Waals surface area contributed by atoms with E-state index in [1.807, 2.05) is 6.92 Å². The van der Waals surface area contributed by atoms with E-state index in [9.17, 15) is 0 Å². The number of aliphatic hydroxyl groups is 1. The van der Waals surface area contributed by atoms with Crippen LogP contribution in [-0.2, 0) is 4.74 Å². The van der Waals surface area contributed by atoms with Crippen molar-refractivity contribution in [3.05, 3.63) is 0 Å². The Labute approximate surface area is 62.2 Å². The number of ether oxygens (including phenoxy) is 1. The van der Waals surface area contributed by atoms with Gasteiger partial charge in [0.15, 0.2) is 0 Å². The molecule has 0 amide bonds. The molecule has 0 spiro atoms. The van der Waals surface area contributed by atoms with Gasteiger partial charge in [-0.3, -0.25) is 0 Å². The largest absolute Gasteiger partial charge is 0.393 e. The maximum Gasteiger partial charge on any atom is 0.0542 e. The van der Waals surface area contributed by atoms with E-state index in [0.717, 1.165) is 26.1 Å². The Morgan fingerprint density at radius 2 is 2.20 bits per heavy atom. The van der Waals surface area contributed by atoms with Crippen LogP contribution in [0.15, 0.2) is 0 Å².